The third kappa shape index (κ3) is 3.16. The molecule has 0 aliphatic carbocycles. The van der Waals surface area contributed by atoms with E-state index in [2.05, 4.69) is 19.2 Å². The van der Waals surface area contributed by atoms with Crippen LogP contribution >= 0.6 is 0 Å². The van der Waals surface area contributed by atoms with Crippen LogP contribution in [0.3, 0.4) is 0 Å². The molecule has 3 heteroatoms. The zero-order valence-electron chi connectivity index (χ0n) is 9.17. The molecule has 0 aliphatic rings. The van der Waals surface area contributed by atoms with Crippen LogP contribution in [0, 0.1) is 0 Å². The predicted molar refractivity (Wildman–Crippen MR) is 56.1 cm³/mol. The Morgan fingerprint density at radius 1 is 1.50 bits per heavy atom. The van der Waals surface area contributed by atoms with E-state index in [-0.39, 0.29) is 6.04 Å². The van der Waals surface area contributed by atoms with Crippen molar-refractivity contribution in [2.75, 3.05) is 13.7 Å². The second-order valence-electron chi connectivity index (χ2n) is 3.41. The first-order chi connectivity index (χ1) is 6.77. The molecule has 0 fully saturated rings. The van der Waals surface area contributed by atoms with Crippen LogP contribution in [0.25, 0.3) is 0 Å². The van der Waals surface area contributed by atoms with Gasteiger partial charge in [0.25, 0.3) is 0 Å². The summed E-state index contributed by atoms with van der Waals surface area (Å²) in [5, 5.41) is 3.37. The third-order valence-electron chi connectivity index (χ3n) is 2.10. The summed E-state index contributed by atoms with van der Waals surface area (Å²) in [6.07, 6.45) is 1.13. The smallest absolute Gasteiger partial charge is 0.129 e. The van der Waals surface area contributed by atoms with E-state index in [9.17, 15) is 0 Å². The topological polar surface area (TPSA) is 34.4 Å². The normalized spacial score (nSPS) is 13.1. The standard InChI is InChI=1S/C11H19NO2/c1-4-7-12-9(2)11-6-5-10(14-11)8-13-3/h5-6,9,12H,4,7-8H2,1-3H3. The average molecular weight is 197 g/mol. The zero-order chi connectivity index (χ0) is 10.4. The molecule has 0 amide bonds. The summed E-state index contributed by atoms with van der Waals surface area (Å²) in [7, 11) is 1.67. The van der Waals surface area contributed by atoms with Gasteiger partial charge in [0, 0.05) is 7.11 Å². The molecule has 0 spiro atoms. The lowest BCUT2D eigenvalue weighted by molar-refractivity contribution is 0.161. The van der Waals surface area contributed by atoms with Gasteiger partial charge in [-0.05, 0) is 32.0 Å². The molecule has 0 saturated heterocycles. The summed E-state index contributed by atoms with van der Waals surface area (Å²) in [6.45, 7) is 5.81. The molecule has 1 aromatic heterocycles. The largest absolute Gasteiger partial charge is 0.462 e. The number of furan rings is 1. The molecular weight excluding hydrogens is 178 g/mol. The SMILES string of the molecule is CCCNC(C)c1ccc(COC)o1. The van der Waals surface area contributed by atoms with Gasteiger partial charge >= 0.3 is 0 Å². The number of methoxy groups -OCH3 is 1. The van der Waals surface area contributed by atoms with Gasteiger partial charge in [0.2, 0.25) is 0 Å². The maximum Gasteiger partial charge on any atom is 0.129 e. The molecule has 80 valence electrons. The lowest BCUT2D eigenvalue weighted by atomic mass is 10.2. The van der Waals surface area contributed by atoms with Crippen LogP contribution in [0.15, 0.2) is 16.5 Å². The Morgan fingerprint density at radius 2 is 2.29 bits per heavy atom. The summed E-state index contributed by atoms with van der Waals surface area (Å²) in [5.74, 6) is 1.86. The van der Waals surface area contributed by atoms with Gasteiger partial charge in [0.05, 0.1) is 6.04 Å². The van der Waals surface area contributed by atoms with E-state index < -0.39 is 0 Å². The van der Waals surface area contributed by atoms with Gasteiger partial charge in [-0.3, -0.25) is 0 Å². The highest BCUT2D eigenvalue weighted by atomic mass is 16.5. The molecule has 1 rings (SSSR count). The van der Waals surface area contributed by atoms with Crippen molar-refractivity contribution in [1.29, 1.82) is 0 Å². The Balaban J connectivity index is 2.48. The summed E-state index contributed by atoms with van der Waals surface area (Å²) in [5.41, 5.74) is 0. The van der Waals surface area contributed by atoms with Gasteiger partial charge in [0.1, 0.15) is 18.1 Å². The van der Waals surface area contributed by atoms with Gasteiger partial charge < -0.3 is 14.5 Å². The van der Waals surface area contributed by atoms with Crippen LogP contribution in [0.5, 0.6) is 0 Å². The number of ether oxygens (including phenoxy) is 1. The molecule has 0 radical (unpaired) electrons. The Bertz CT molecular complexity index is 258. The average Bonchev–Trinajstić information content (AvgIpc) is 2.63. The van der Waals surface area contributed by atoms with Gasteiger partial charge in [-0.25, -0.2) is 0 Å². The van der Waals surface area contributed by atoms with E-state index in [0.717, 1.165) is 24.5 Å². The van der Waals surface area contributed by atoms with Crippen LogP contribution in [0.2, 0.25) is 0 Å². The van der Waals surface area contributed by atoms with Crippen molar-refractivity contribution in [1.82, 2.24) is 5.32 Å². The van der Waals surface area contributed by atoms with Gasteiger partial charge in [-0.1, -0.05) is 6.92 Å². The second kappa shape index (κ2) is 5.83. The monoisotopic (exact) mass is 197 g/mol. The fourth-order valence-electron chi connectivity index (χ4n) is 1.31. The first-order valence-corrected chi connectivity index (χ1v) is 5.08. The lowest BCUT2D eigenvalue weighted by Gasteiger charge is -2.09. The minimum absolute atomic E-state index is 0.278. The van der Waals surface area contributed by atoms with Gasteiger partial charge in [0.15, 0.2) is 0 Å². The van der Waals surface area contributed by atoms with Crippen molar-refractivity contribution in [3.05, 3.63) is 23.7 Å². The van der Waals surface area contributed by atoms with Crippen LogP contribution < -0.4 is 5.32 Å². The Hall–Kier alpha value is -0.800. The summed E-state index contributed by atoms with van der Waals surface area (Å²) in [4.78, 5) is 0. The minimum Gasteiger partial charge on any atom is -0.462 e. The Kier molecular flexibility index (Phi) is 4.70. The third-order valence-corrected chi connectivity index (χ3v) is 2.10. The van der Waals surface area contributed by atoms with Crippen molar-refractivity contribution >= 4 is 0 Å². The van der Waals surface area contributed by atoms with E-state index in [1.54, 1.807) is 7.11 Å². The summed E-state index contributed by atoms with van der Waals surface area (Å²) >= 11 is 0. The Morgan fingerprint density at radius 3 is 2.93 bits per heavy atom. The number of hydrogen-bond acceptors (Lipinski definition) is 3. The molecule has 0 aromatic carbocycles. The van der Waals surface area contributed by atoms with Crippen LogP contribution in [0.4, 0.5) is 0 Å². The fraction of sp³-hybridized carbons (Fsp3) is 0.636. The van der Waals surface area contributed by atoms with E-state index in [1.807, 2.05) is 12.1 Å². The molecule has 0 bridgehead atoms. The highest BCUT2D eigenvalue weighted by molar-refractivity contribution is 5.09. The quantitative estimate of drug-likeness (QED) is 0.760. The molecular formula is C11H19NO2. The van der Waals surface area contributed by atoms with E-state index in [0.29, 0.717) is 6.61 Å². The molecule has 1 heterocycles. The van der Waals surface area contributed by atoms with Crippen LogP contribution in [-0.2, 0) is 11.3 Å². The number of hydrogen-bond donors (Lipinski definition) is 1. The number of rotatable bonds is 6. The first kappa shape index (κ1) is 11.3. The molecule has 1 unspecified atom stereocenters. The second-order valence-corrected chi connectivity index (χ2v) is 3.41. The highest BCUT2D eigenvalue weighted by Gasteiger charge is 2.08. The summed E-state index contributed by atoms with van der Waals surface area (Å²) < 4.78 is 10.6. The van der Waals surface area contributed by atoms with Crippen molar-refractivity contribution in [3.8, 4) is 0 Å². The van der Waals surface area contributed by atoms with Crippen molar-refractivity contribution in [2.45, 2.75) is 32.9 Å². The molecule has 0 saturated carbocycles. The summed E-state index contributed by atoms with van der Waals surface area (Å²) in [6, 6.07) is 4.24. The lowest BCUT2D eigenvalue weighted by Crippen LogP contribution is -2.18. The maximum absolute atomic E-state index is 5.60. The maximum atomic E-state index is 5.60. The first-order valence-electron chi connectivity index (χ1n) is 5.08. The number of nitrogens with one attached hydrogen (secondary N) is 1. The fourth-order valence-corrected chi connectivity index (χ4v) is 1.31. The van der Waals surface area contributed by atoms with Crippen LogP contribution in [0.1, 0.15) is 37.8 Å². The van der Waals surface area contributed by atoms with E-state index in [4.69, 9.17) is 9.15 Å². The van der Waals surface area contributed by atoms with Crippen LogP contribution in [-0.4, -0.2) is 13.7 Å². The molecule has 14 heavy (non-hydrogen) atoms. The molecule has 1 atom stereocenters. The predicted octanol–water partition coefficient (Wildman–Crippen LogP) is 2.49. The van der Waals surface area contributed by atoms with Crippen molar-refractivity contribution < 1.29 is 9.15 Å². The molecule has 1 N–H and O–H groups in total. The minimum atomic E-state index is 0.278. The highest BCUT2D eigenvalue weighted by Crippen LogP contribution is 2.16. The molecule has 0 aliphatic heterocycles. The zero-order valence-corrected chi connectivity index (χ0v) is 9.17. The van der Waals surface area contributed by atoms with Crippen molar-refractivity contribution in [3.63, 3.8) is 0 Å². The van der Waals surface area contributed by atoms with Gasteiger partial charge in [-0.2, -0.15) is 0 Å². The van der Waals surface area contributed by atoms with Crippen molar-refractivity contribution in [2.24, 2.45) is 0 Å². The van der Waals surface area contributed by atoms with E-state index >= 15 is 0 Å². The molecule has 3 nitrogen and oxygen atoms in total. The Labute approximate surface area is 85.4 Å². The molecule has 1 aromatic rings. The van der Waals surface area contributed by atoms with Gasteiger partial charge in [-0.15, -0.1) is 0 Å². The van der Waals surface area contributed by atoms with E-state index in [1.165, 1.54) is 0 Å².